The Morgan fingerprint density at radius 3 is 2.21 bits per heavy atom. The van der Waals surface area contributed by atoms with Crippen LogP contribution in [0.2, 0.25) is 0 Å². The molecular weight excluding hydrogens is 418 g/mol. The van der Waals surface area contributed by atoms with Gasteiger partial charge in [0.15, 0.2) is 0 Å². The van der Waals surface area contributed by atoms with Crippen molar-refractivity contribution in [3.05, 3.63) is 48.0 Å². The molecule has 1 aromatic carbocycles. The Balaban J connectivity index is 1.70. The predicted octanol–water partition coefficient (Wildman–Crippen LogP) is 2.70. The zero-order valence-corrected chi connectivity index (χ0v) is 19.8. The van der Waals surface area contributed by atoms with Crippen LogP contribution >= 0.6 is 0 Å². The molecule has 1 N–H and O–H groups in total. The standard InChI is InChI=1S/C26H35N3O4/c1-4-22(24(31)27-18(2)3)28(16-14-19-10-6-5-7-11-19)23(30)15-17-29-25(32)20-12-8-9-13-21(20)26(29)33/h5-11,18,20-22H,4,12-17H2,1-3H3,(H,27,31)/t20-,21+,22?. The molecule has 33 heavy (non-hydrogen) atoms. The molecule has 7 heteroatoms. The molecule has 0 bridgehead atoms. The maximum atomic E-state index is 13.3. The first-order valence-corrected chi connectivity index (χ1v) is 12.0. The van der Waals surface area contributed by atoms with E-state index in [2.05, 4.69) is 5.32 Å². The lowest BCUT2D eigenvalue weighted by Crippen LogP contribution is -2.52. The van der Waals surface area contributed by atoms with E-state index < -0.39 is 6.04 Å². The summed E-state index contributed by atoms with van der Waals surface area (Å²) in [4.78, 5) is 54.5. The maximum Gasteiger partial charge on any atom is 0.242 e. The van der Waals surface area contributed by atoms with Crippen LogP contribution in [0.5, 0.6) is 0 Å². The molecule has 1 fully saturated rings. The molecule has 1 saturated heterocycles. The fraction of sp³-hybridized carbons (Fsp3) is 0.538. The normalized spacial score (nSPS) is 20.7. The summed E-state index contributed by atoms with van der Waals surface area (Å²) < 4.78 is 0. The SMILES string of the molecule is CCC(C(=O)NC(C)C)N(CCc1ccccc1)C(=O)CCN1C(=O)[C@H]2CC=CC[C@H]2C1=O. The fourth-order valence-electron chi connectivity index (χ4n) is 4.72. The Bertz CT molecular complexity index is 870. The van der Waals surface area contributed by atoms with E-state index in [1.165, 1.54) is 4.90 Å². The fourth-order valence-corrected chi connectivity index (χ4v) is 4.72. The second kappa shape index (κ2) is 11.3. The molecule has 1 heterocycles. The van der Waals surface area contributed by atoms with Gasteiger partial charge in [-0.3, -0.25) is 24.1 Å². The van der Waals surface area contributed by atoms with E-state index in [1.807, 2.05) is 63.3 Å². The number of carbonyl (C=O) groups excluding carboxylic acids is 4. The van der Waals surface area contributed by atoms with E-state index in [1.54, 1.807) is 4.90 Å². The number of benzene rings is 1. The second-order valence-corrected chi connectivity index (χ2v) is 9.14. The van der Waals surface area contributed by atoms with Crippen LogP contribution in [0.3, 0.4) is 0 Å². The summed E-state index contributed by atoms with van der Waals surface area (Å²) in [5, 5.41) is 2.91. The van der Waals surface area contributed by atoms with E-state index in [0.717, 1.165) is 5.56 Å². The summed E-state index contributed by atoms with van der Waals surface area (Å²) in [5.41, 5.74) is 1.08. The zero-order valence-electron chi connectivity index (χ0n) is 19.8. The summed E-state index contributed by atoms with van der Waals surface area (Å²) >= 11 is 0. The maximum absolute atomic E-state index is 13.3. The van der Waals surface area contributed by atoms with Gasteiger partial charge in [-0.05, 0) is 45.1 Å². The molecule has 0 spiro atoms. The van der Waals surface area contributed by atoms with Gasteiger partial charge in [-0.2, -0.15) is 0 Å². The minimum atomic E-state index is -0.597. The molecule has 0 aromatic heterocycles. The number of fused-ring (bicyclic) bond motifs is 1. The Kier molecular flexibility index (Phi) is 8.42. The highest BCUT2D eigenvalue weighted by Gasteiger charge is 2.47. The lowest BCUT2D eigenvalue weighted by Gasteiger charge is -2.31. The molecule has 1 unspecified atom stereocenters. The molecule has 3 atom stereocenters. The third-order valence-corrected chi connectivity index (χ3v) is 6.45. The largest absolute Gasteiger partial charge is 0.352 e. The van der Waals surface area contributed by atoms with Crippen molar-refractivity contribution >= 4 is 23.6 Å². The number of likely N-dealkylation sites (tertiary alicyclic amines) is 1. The summed E-state index contributed by atoms with van der Waals surface area (Å²) in [6.45, 7) is 6.12. The number of hydrogen-bond acceptors (Lipinski definition) is 4. The number of amides is 4. The molecule has 4 amide bonds. The van der Waals surface area contributed by atoms with Crippen molar-refractivity contribution in [3.8, 4) is 0 Å². The van der Waals surface area contributed by atoms with Crippen LogP contribution in [0, 0.1) is 11.8 Å². The van der Waals surface area contributed by atoms with Crippen LogP contribution in [0.1, 0.15) is 52.0 Å². The molecule has 0 radical (unpaired) electrons. The Labute approximate surface area is 196 Å². The second-order valence-electron chi connectivity index (χ2n) is 9.14. The van der Waals surface area contributed by atoms with Crippen molar-refractivity contribution in [2.24, 2.45) is 11.8 Å². The highest BCUT2D eigenvalue weighted by molar-refractivity contribution is 6.05. The van der Waals surface area contributed by atoms with Gasteiger partial charge in [-0.15, -0.1) is 0 Å². The topological polar surface area (TPSA) is 86.8 Å². The van der Waals surface area contributed by atoms with Gasteiger partial charge in [-0.25, -0.2) is 0 Å². The van der Waals surface area contributed by atoms with Crippen molar-refractivity contribution in [3.63, 3.8) is 0 Å². The van der Waals surface area contributed by atoms with Crippen LogP contribution in [-0.4, -0.2) is 58.6 Å². The first kappa shape index (κ1) is 24.7. The number of nitrogens with zero attached hydrogens (tertiary/aromatic N) is 2. The molecule has 2 aliphatic rings. The average molecular weight is 454 g/mol. The summed E-state index contributed by atoms with van der Waals surface area (Å²) in [7, 11) is 0. The van der Waals surface area contributed by atoms with Gasteiger partial charge in [0.05, 0.1) is 11.8 Å². The van der Waals surface area contributed by atoms with Crippen LogP contribution < -0.4 is 5.32 Å². The van der Waals surface area contributed by atoms with Crippen LogP contribution in [-0.2, 0) is 25.6 Å². The minimum absolute atomic E-state index is 0.0184. The average Bonchev–Trinajstić information content (AvgIpc) is 3.05. The molecule has 3 rings (SSSR count). The van der Waals surface area contributed by atoms with Gasteiger partial charge in [0.25, 0.3) is 0 Å². The minimum Gasteiger partial charge on any atom is -0.352 e. The van der Waals surface area contributed by atoms with E-state index in [-0.39, 0.29) is 54.5 Å². The van der Waals surface area contributed by atoms with E-state index in [9.17, 15) is 19.2 Å². The smallest absolute Gasteiger partial charge is 0.242 e. The number of allylic oxidation sites excluding steroid dienone is 2. The first-order chi connectivity index (χ1) is 15.8. The van der Waals surface area contributed by atoms with E-state index in [0.29, 0.717) is 32.2 Å². The van der Waals surface area contributed by atoms with Gasteiger partial charge in [-0.1, -0.05) is 49.4 Å². The van der Waals surface area contributed by atoms with Gasteiger partial charge >= 0.3 is 0 Å². The van der Waals surface area contributed by atoms with Crippen molar-refractivity contribution in [1.82, 2.24) is 15.1 Å². The van der Waals surface area contributed by atoms with Gasteiger partial charge < -0.3 is 10.2 Å². The van der Waals surface area contributed by atoms with Gasteiger partial charge in [0, 0.05) is 25.6 Å². The van der Waals surface area contributed by atoms with Crippen molar-refractivity contribution < 1.29 is 19.2 Å². The monoisotopic (exact) mass is 453 g/mol. The molecule has 1 aliphatic carbocycles. The number of rotatable bonds is 10. The van der Waals surface area contributed by atoms with Crippen LogP contribution in [0.4, 0.5) is 0 Å². The number of nitrogens with one attached hydrogen (secondary N) is 1. The van der Waals surface area contributed by atoms with Crippen molar-refractivity contribution in [1.29, 1.82) is 0 Å². The third-order valence-electron chi connectivity index (χ3n) is 6.45. The molecular formula is C26H35N3O4. The zero-order chi connectivity index (χ0) is 24.0. The van der Waals surface area contributed by atoms with E-state index in [4.69, 9.17) is 0 Å². The number of imide groups is 1. The Morgan fingerprint density at radius 1 is 1.06 bits per heavy atom. The Hall–Kier alpha value is -2.96. The Morgan fingerprint density at radius 2 is 1.67 bits per heavy atom. The summed E-state index contributed by atoms with van der Waals surface area (Å²) in [5.74, 6) is -1.35. The molecule has 1 aromatic rings. The van der Waals surface area contributed by atoms with Crippen LogP contribution in [0.25, 0.3) is 0 Å². The highest BCUT2D eigenvalue weighted by Crippen LogP contribution is 2.35. The summed E-state index contributed by atoms with van der Waals surface area (Å²) in [6, 6.07) is 9.19. The molecule has 1 aliphatic heterocycles. The molecule has 178 valence electrons. The number of hydrogen-bond donors (Lipinski definition) is 1. The molecule has 0 saturated carbocycles. The lowest BCUT2D eigenvalue weighted by atomic mass is 9.85. The first-order valence-electron chi connectivity index (χ1n) is 12.0. The van der Waals surface area contributed by atoms with E-state index >= 15 is 0 Å². The predicted molar refractivity (Wildman–Crippen MR) is 126 cm³/mol. The van der Waals surface area contributed by atoms with Crippen LogP contribution in [0.15, 0.2) is 42.5 Å². The summed E-state index contributed by atoms with van der Waals surface area (Å²) in [6.07, 6.45) is 6.18. The quantitative estimate of drug-likeness (QED) is 0.436. The lowest BCUT2D eigenvalue weighted by molar-refractivity contribution is -0.144. The third kappa shape index (κ3) is 5.89. The van der Waals surface area contributed by atoms with Gasteiger partial charge in [0.1, 0.15) is 6.04 Å². The number of carbonyl (C=O) groups is 4. The van der Waals surface area contributed by atoms with Gasteiger partial charge in [0.2, 0.25) is 23.6 Å². The van der Waals surface area contributed by atoms with Crippen molar-refractivity contribution in [2.75, 3.05) is 13.1 Å². The highest BCUT2D eigenvalue weighted by atomic mass is 16.2. The van der Waals surface area contributed by atoms with Crippen molar-refractivity contribution in [2.45, 2.75) is 65.0 Å². The molecule has 7 nitrogen and oxygen atoms in total.